The Bertz CT molecular complexity index is 828. The van der Waals surface area contributed by atoms with Gasteiger partial charge in [-0.2, -0.15) is 0 Å². The van der Waals surface area contributed by atoms with Gasteiger partial charge in [-0.15, -0.1) is 12.4 Å². The van der Waals surface area contributed by atoms with Gasteiger partial charge in [0.2, 0.25) is 0 Å². The molecule has 1 aliphatic rings. The summed E-state index contributed by atoms with van der Waals surface area (Å²) in [5.74, 6) is 2.72. The van der Waals surface area contributed by atoms with Gasteiger partial charge in [0.1, 0.15) is 23.7 Å². The van der Waals surface area contributed by atoms with Crippen molar-refractivity contribution in [2.45, 2.75) is 32.8 Å². The molecule has 0 aliphatic carbocycles. The normalized spacial score (nSPS) is 14.4. The fraction of sp³-hybridized carbons (Fsp3) is 0.368. The lowest BCUT2D eigenvalue weighted by Gasteiger charge is -2.28. The number of aryl methyl sites for hydroxylation is 1. The Kier molecular flexibility index (Phi) is 5.43. The summed E-state index contributed by atoms with van der Waals surface area (Å²) in [6, 6.07) is 11.9. The van der Waals surface area contributed by atoms with Crippen molar-refractivity contribution in [3.63, 3.8) is 0 Å². The minimum Gasteiger partial charge on any atom is -0.487 e. The Hall–Kier alpha value is -2.27. The van der Waals surface area contributed by atoms with Crippen molar-refractivity contribution in [2.24, 2.45) is 0 Å². The molecule has 4 rings (SSSR count). The molecule has 3 aromatic rings. The highest BCUT2D eigenvalue weighted by molar-refractivity contribution is 5.87. The molecule has 0 atom stereocenters. The lowest BCUT2D eigenvalue weighted by molar-refractivity contribution is 0.302. The molecule has 3 heterocycles. The number of nitrogens with zero attached hydrogens (tertiary/aromatic N) is 3. The first kappa shape index (κ1) is 17.5. The van der Waals surface area contributed by atoms with Crippen molar-refractivity contribution in [2.75, 3.05) is 18.0 Å². The molecular formula is C19H23ClN4O. The summed E-state index contributed by atoms with van der Waals surface area (Å²) < 4.78 is 5.84. The van der Waals surface area contributed by atoms with Crippen molar-refractivity contribution in [3.05, 3.63) is 47.9 Å². The number of nitrogens with one attached hydrogen (secondary N) is 1. The van der Waals surface area contributed by atoms with E-state index in [1.54, 1.807) is 0 Å². The molecule has 0 unspecified atom stereocenters. The Labute approximate surface area is 153 Å². The zero-order chi connectivity index (χ0) is 16.4. The maximum atomic E-state index is 5.84. The first-order valence-electron chi connectivity index (χ1n) is 8.58. The van der Waals surface area contributed by atoms with E-state index in [0.717, 1.165) is 47.2 Å². The van der Waals surface area contributed by atoms with Crippen molar-refractivity contribution in [1.82, 2.24) is 15.0 Å². The summed E-state index contributed by atoms with van der Waals surface area (Å²) in [5, 5.41) is 0. The molecule has 6 heteroatoms. The van der Waals surface area contributed by atoms with E-state index in [1.807, 2.05) is 37.3 Å². The average molecular weight is 359 g/mol. The van der Waals surface area contributed by atoms with Crippen LogP contribution in [-0.2, 0) is 6.61 Å². The SMILES string of the molecule is Cc1nc(N2CCCCC2)c2[nH]c(COc3ccccc3)cc2n1.Cl. The number of anilines is 1. The molecule has 0 amide bonds. The number of hydrogen-bond donors (Lipinski definition) is 1. The highest BCUT2D eigenvalue weighted by Gasteiger charge is 2.18. The van der Waals surface area contributed by atoms with Crippen LogP contribution in [0.15, 0.2) is 36.4 Å². The molecule has 1 aliphatic heterocycles. The van der Waals surface area contributed by atoms with Crippen LogP contribution in [0.5, 0.6) is 5.75 Å². The smallest absolute Gasteiger partial charge is 0.156 e. The number of fused-ring (bicyclic) bond motifs is 1. The third kappa shape index (κ3) is 3.87. The van der Waals surface area contributed by atoms with Gasteiger partial charge in [-0.25, -0.2) is 9.97 Å². The molecular weight excluding hydrogens is 336 g/mol. The zero-order valence-corrected chi connectivity index (χ0v) is 15.2. The molecule has 1 aromatic carbocycles. The Morgan fingerprint density at radius 3 is 2.60 bits per heavy atom. The Morgan fingerprint density at radius 1 is 1.08 bits per heavy atom. The second-order valence-electron chi connectivity index (χ2n) is 6.30. The minimum absolute atomic E-state index is 0. The number of para-hydroxylation sites is 1. The van der Waals surface area contributed by atoms with Crippen LogP contribution in [0.1, 0.15) is 30.8 Å². The second-order valence-corrected chi connectivity index (χ2v) is 6.30. The quantitative estimate of drug-likeness (QED) is 0.757. The van der Waals surface area contributed by atoms with Crippen molar-refractivity contribution < 1.29 is 4.74 Å². The number of hydrogen-bond acceptors (Lipinski definition) is 4. The molecule has 5 nitrogen and oxygen atoms in total. The number of rotatable bonds is 4. The van der Waals surface area contributed by atoms with Crippen LogP contribution in [0.2, 0.25) is 0 Å². The molecule has 0 radical (unpaired) electrons. The van der Waals surface area contributed by atoms with Gasteiger partial charge in [-0.3, -0.25) is 0 Å². The molecule has 1 saturated heterocycles. The highest BCUT2D eigenvalue weighted by Crippen LogP contribution is 2.27. The summed E-state index contributed by atoms with van der Waals surface area (Å²) in [4.78, 5) is 15.1. The third-order valence-electron chi connectivity index (χ3n) is 4.42. The maximum Gasteiger partial charge on any atom is 0.156 e. The second kappa shape index (κ2) is 7.74. The Balaban J connectivity index is 0.00000182. The van der Waals surface area contributed by atoms with Gasteiger partial charge in [-0.05, 0) is 44.4 Å². The Morgan fingerprint density at radius 2 is 1.84 bits per heavy atom. The molecule has 0 spiro atoms. The van der Waals surface area contributed by atoms with Crippen molar-refractivity contribution in [3.8, 4) is 5.75 Å². The zero-order valence-electron chi connectivity index (χ0n) is 14.4. The van der Waals surface area contributed by atoms with Crippen LogP contribution in [0, 0.1) is 6.92 Å². The number of aromatic nitrogens is 3. The maximum absolute atomic E-state index is 5.84. The lowest BCUT2D eigenvalue weighted by Crippen LogP contribution is -2.30. The van der Waals surface area contributed by atoms with Gasteiger partial charge < -0.3 is 14.6 Å². The highest BCUT2D eigenvalue weighted by atomic mass is 35.5. The summed E-state index contributed by atoms with van der Waals surface area (Å²) in [7, 11) is 0. The van der Waals surface area contributed by atoms with Crippen LogP contribution >= 0.6 is 12.4 Å². The molecule has 1 N–H and O–H groups in total. The fourth-order valence-electron chi connectivity index (χ4n) is 3.26. The summed E-state index contributed by atoms with van der Waals surface area (Å²) >= 11 is 0. The number of benzene rings is 1. The third-order valence-corrected chi connectivity index (χ3v) is 4.42. The van der Waals surface area contributed by atoms with Gasteiger partial charge in [0.05, 0.1) is 11.2 Å². The fourth-order valence-corrected chi connectivity index (χ4v) is 3.26. The van der Waals surface area contributed by atoms with Crippen LogP contribution in [0.25, 0.3) is 11.0 Å². The molecule has 0 bridgehead atoms. The van der Waals surface area contributed by atoms with E-state index in [-0.39, 0.29) is 12.4 Å². The lowest BCUT2D eigenvalue weighted by atomic mass is 10.1. The van der Waals surface area contributed by atoms with Crippen molar-refractivity contribution >= 4 is 29.3 Å². The number of H-pyrrole nitrogens is 1. The largest absolute Gasteiger partial charge is 0.487 e. The first-order chi connectivity index (χ1) is 11.8. The van der Waals surface area contributed by atoms with E-state index in [0.29, 0.717) is 6.61 Å². The van der Waals surface area contributed by atoms with Gasteiger partial charge in [-0.1, -0.05) is 18.2 Å². The number of piperidine rings is 1. The predicted octanol–water partition coefficient (Wildman–Crippen LogP) is 4.26. The number of ether oxygens (including phenoxy) is 1. The van der Waals surface area contributed by atoms with E-state index in [4.69, 9.17) is 9.72 Å². The monoisotopic (exact) mass is 358 g/mol. The number of halogens is 1. The topological polar surface area (TPSA) is 54.0 Å². The number of aromatic amines is 1. The van der Waals surface area contributed by atoms with Crippen LogP contribution in [0.4, 0.5) is 5.82 Å². The average Bonchev–Trinajstić information content (AvgIpc) is 3.03. The van der Waals surface area contributed by atoms with Gasteiger partial charge >= 0.3 is 0 Å². The standard InChI is InChI=1S/C19H22N4O.ClH/c1-14-20-17-12-15(13-24-16-8-4-2-5-9-16)22-18(17)19(21-14)23-10-6-3-7-11-23;/h2,4-5,8-9,12,22H,3,6-7,10-11,13H2,1H3;1H. The summed E-state index contributed by atoms with van der Waals surface area (Å²) in [5.41, 5.74) is 3.01. The van der Waals surface area contributed by atoms with Crippen LogP contribution in [-0.4, -0.2) is 28.0 Å². The van der Waals surface area contributed by atoms with E-state index in [9.17, 15) is 0 Å². The molecule has 0 saturated carbocycles. The molecule has 2 aromatic heterocycles. The minimum atomic E-state index is 0. The molecule has 25 heavy (non-hydrogen) atoms. The summed E-state index contributed by atoms with van der Waals surface area (Å²) in [6.45, 7) is 4.60. The van der Waals surface area contributed by atoms with E-state index in [2.05, 4.69) is 20.9 Å². The molecule has 132 valence electrons. The van der Waals surface area contributed by atoms with Crippen LogP contribution < -0.4 is 9.64 Å². The van der Waals surface area contributed by atoms with E-state index >= 15 is 0 Å². The predicted molar refractivity (Wildman–Crippen MR) is 103 cm³/mol. The van der Waals surface area contributed by atoms with Gasteiger partial charge in [0, 0.05) is 13.1 Å². The summed E-state index contributed by atoms with van der Waals surface area (Å²) in [6.07, 6.45) is 3.77. The van der Waals surface area contributed by atoms with Crippen LogP contribution in [0.3, 0.4) is 0 Å². The van der Waals surface area contributed by atoms with Gasteiger partial charge in [0.15, 0.2) is 5.82 Å². The van der Waals surface area contributed by atoms with E-state index in [1.165, 1.54) is 19.3 Å². The van der Waals surface area contributed by atoms with E-state index < -0.39 is 0 Å². The first-order valence-corrected chi connectivity index (χ1v) is 8.58. The van der Waals surface area contributed by atoms with Gasteiger partial charge in [0.25, 0.3) is 0 Å². The molecule has 1 fully saturated rings. The van der Waals surface area contributed by atoms with Crippen molar-refractivity contribution in [1.29, 1.82) is 0 Å².